The zero-order valence-electron chi connectivity index (χ0n) is 27.2. The SMILES string of the molecule is CCOc1c(Nc2cccc(-c3ccc(OCC(C(=O)O)N(C)C(c4ccccc4)(c4ccccc4)c4ccccc4)cc3)c2)c(=O)c1=O. The number of aliphatic carboxylic acids is 1. The van der Waals surface area contributed by atoms with Gasteiger partial charge in [0.05, 0.1) is 12.1 Å². The number of nitrogens with zero attached hydrogens (tertiary/aromatic N) is 1. The number of rotatable bonds is 14. The monoisotopic (exact) mass is 652 g/mol. The topological polar surface area (TPSA) is 105 Å². The van der Waals surface area contributed by atoms with Crippen LogP contribution in [0.25, 0.3) is 11.1 Å². The van der Waals surface area contributed by atoms with Crippen LogP contribution >= 0.6 is 0 Å². The van der Waals surface area contributed by atoms with Gasteiger partial charge >= 0.3 is 5.97 Å². The molecule has 49 heavy (non-hydrogen) atoms. The van der Waals surface area contributed by atoms with Crippen LogP contribution in [-0.4, -0.2) is 42.3 Å². The van der Waals surface area contributed by atoms with Crippen LogP contribution in [0.4, 0.5) is 11.4 Å². The van der Waals surface area contributed by atoms with Crippen molar-refractivity contribution in [2.75, 3.05) is 25.6 Å². The smallest absolute Gasteiger partial charge is 0.324 e. The zero-order valence-corrected chi connectivity index (χ0v) is 27.2. The lowest BCUT2D eigenvalue weighted by atomic mass is 9.75. The Morgan fingerprint density at radius 2 is 1.27 bits per heavy atom. The van der Waals surface area contributed by atoms with Crippen LogP contribution in [0.2, 0.25) is 0 Å². The van der Waals surface area contributed by atoms with Crippen molar-refractivity contribution in [3.63, 3.8) is 0 Å². The third-order valence-corrected chi connectivity index (χ3v) is 8.74. The average molecular weight is 653 g/mol. The van der Waals surface area contributed by atoms with Gasteiger partial charge in [0.15, 0.2) is 5.75 Å². The van der Waals surface area contributed by atoms with E-state index in [0.717, 1.165) is 27.8 Å². The highest BCUT2D eigenvalue weighted by Crippen LogP contribution is 2.43. The summed E-state index contributed by atoms with van der Waals surface area (Å²) in [6.45, 7) is 1.93. The summed E-state index contributed by atoms with van der Waals surface area (Å²) < 4.78 is 11.5. The molecule has 8 heteroatoms. The van der Waals surface area contributed by atoms with E-state index in [1.165, 1.54) is 0 Å². The van der Waals surface area contributed by atoms with E-state index in [4.69, 9.17) is 9.47 Å². The van der Waals surface area contributed by atoms with Gasteiger partial charge in [0.1, 0.15) is 24.1 Å². The Bertz CT molecular complexity index is 1990. The molecule has 0 aliphatic rings. The average Bonchev–Trinajstić information content (AvgIpc) is 3.15. The van der Waals surface area contributed by atoms with E-state index >= 15 is 0 Å². The van der Waals surface area contributed by atoms with Crippen LogP contribution in [0.1, 0.15) is 23.6 Å². The Labute approximate surface area is 284 Å². The molecular formula is C41H36N2O6. The van der Waals surface area contributed by atoms with Gasteiger partial charge in [0.25, 0.3) is 10.9 Å². The van der Waals surface area contributed by atoms with Crippen molar-refractivity contribution in [2.24, 2.45) is 0 Å². The Morgan fingerprint density at radius 3 is 1.78 bits per heavy atom. The number of carboxylic acids is 1. The number of anilines is 2. The van der Waals surface area contributed by atoms with Crippen molar-refractivity contribution in [1.29, 1.82) is 0 Å². The minimum atomic E-state index is -1.03. The Morgan fingerprint density at radius 1 is 0.714 bits per heavy atom. The van der Waals surface area contributed by atoms with Gasteiger partial charge < -0.3 is 19.9 Å². The molecule has 0 heterocycles. The first kappa shape index (κ1) is 32.9. The van der Waals surface area contributed by atoms with Gasteiger partial charge in [-0.2, -0.15) is 0 Å². The lowest BCUT2D eigenvalue weighted by molar-refractivity contribution is -0.145. The van der Waals surface area contributed by atoms with Gasteiger partial charge in [-0.05, 0) is 66.1 Å². The number of benzene rings is 5. The molecule has 0 aliphatic carbocycles. The first-order chi connectivity index (χ1) is 23.8. The van der Waals surface area contributed by atoms with E-state index in [1.807, 2.05) is 133 Å². The fourth-order valence-corrected chi connectivity index (χ4v) is 6.34. The molecule has 246 valence electrons. The molecule has 1 atom stereocenters. The molecule has 0 fully saturated rings. The quantitative estimate of drug-likeness (QED) is 0.0973. The van der Waals surface area contributed by atoms with Gasteiger partial charge in [-0.25, -0.2) is 0 Å². The fraction of sp³-hybridized carbons (Fsp3) is 0.146. The molecular weight excluding hydrogens is 616 g/mol. The summed E-state index contributed by atoms with van der Waals surface area (Å²) >= 11 is 0. The summed E-state index contributed by atoms with van der Waals surface area (Å²) in [5, 5.41) is 13.6. The van der Waals surface area contributed by atoms with Gasteiger partial charge in [-0.3, -0.25) is 19.3 Å². The molecule has 6 aromatic carbocycles. The summed E-state index contributed by atoms with van der Waals surface area (Å²) in [5.41, 5.74) is 3.17. The van der Waals surface area contributed by atoms with Gasteiger partial charge in [0, 0.05) is 5.69 Å². The second-order valence-corrected chi connectivity index (χ2v) is 11.6. The van der Waals surface area contributed by atoms with Gasteiger partial charge in [0.2, 0.25) is 0 Å². The van der Waals surface area contributed by atoms with Crippen molar-refractivity contribution in [2.45, 2.75) is 18.5 Å². The minimum absolute atomic E-state index is 0.0539. The summed E-state index contributed by atoms with van der Waals surface area (Å²) in [6, 6.07) is 43.6. The zero-order chi connectivity index (χ0) is 34.4. The molecule has 0 saturated carbocycles. The highest BCUT2D eigenvalue weighted by molar-refractivity contribution is 5.75. The van der Waals surface area contributed by atoms with Crippen LogP contribution < -0.4 is 25.6 Å². The van der Waals surface area contributed by atoms with Gasteiger partial charge in [-0.15, -0.1) is 0 Å². The van der Waals surface area contributed by atoms with Crippen LogP contribution in [-0.2, 0) is 10.3 Å². The number of likely N-dealkylation sites (N-methyl/N-ethyl adjacent to an activating group) is 1. The van der Waals surface area contributed by atoms with E-state index < -0.39 is 28.4 Å². The van der Waals surface area contributed by atoms with Crippen molar-refractivity contribution in [1.82, 2.24) is 4.90 Å². The van der Waals surface area contributed by atoms with Crippen molar-refractivity contribution in [3.05, 3.63) is 177 Å². The molecule has 0 saturated heterocycles. The molecule has 0 aliphatic heterocycles. The van der Waals surface area contributed by atoms with E-state index in [-0.39, 0.29) is 24.7 Å². The Kier molecular flexibility index (Phi) is 9.69. The first-order valence-corrected chi connectivity index (χ1v) is 16.0. The maximum atomic E-state index is 13.0. The molecule has 6 aromatic rings. The minimum Gasteiger partial charge on any atom is -0.491 e. The van der Waals surface area contributed by atoms with Crippen LogP contribution in [0.15, 0.2) is 149 Å². The molecule has 0 spiro atoms. The number of hydrogen-bond acceptors (Lipinski definition) is 7. The fourth-order valence-electron chi connectivity index (χ4n) is 6.34. The number of ether oxygens (including phenoxy) is 2. The second kappa shape index (κ2) is 14.4. The summed E-state index contributed by atoms with van der Waals surface area (Å²) in [7, 11) is 1.83. The predicted octanol–water partition coefficient (Wildman–Crippen LogP) is 6.85. The standard InChI is InChI=1S/C41H36N2O6/c1-3-48-39-36(37(44)38(39)45)42-33-21-13-14-29(26-33)28-22-24-34(25-23-28)49-27-35(40(46)47)43(2)41(30-15-7-4-8-16-30,31-17-9-5-10-18-31)32-19-11-6-12-20-32/h4-26,35,42H,3,27H2,1-2H3,(H,46,47). The lowest BCUT2D eigenvalue weighted by Crippen LogP contribution is -2.55. The summed E-state index contributed by atoms with van der Waals surface area (Å²) in [6.07, 6.45) is 0. The van der Waals surface area contributed by atoms with Gasteiger partial charge in [-0.1, -0.05) is 115 Å². The number of hydrogen-bond donors (Lipinski definition) is 2. The molecule has 0 radical (unpaired) electrons. The Hall–Kier alpha value is -5.99. The van der Waals surface area contributed by atoms with Crippen molar-refractivity contribution in [3.8, 4) is 22.6 Å². The second-order valence-electron chi connectivity index (χ2n) is 11.6. The maximum absolute atomic E-state index is 13.0. The van der Waals surface area contributed by atoms with Crippen molar-refractivity contribution >= 4 is 17.3 Å². The lowest BCUT2D eigenvalue weighted by Gasteiger charge is -2.46. The van der Waals surface area contributed by atoms with E-state index in [0.29, 0.717) is 11.4 Å². The highest BCUT2D eigenvalue weighted by Gasteiger charge is 2.45. The predicted molar refractivity (Wildman–Crippen MR) is 192 cm³/mol. The number of nitrogens with one attached hydrogen (secondary N) is 1. The largest absolute Gasteiger partial charge is 0.491 e. The summed E-state index contributed by atoms with van der Waals surface area (Å²) in [5.74, 6) is -0.435. The number of carboxylic acid groups (broad SMARTS) is 1. The van der Waals surface area contributed by atoms with Crippen molar-refractivity contribution < 1.29 is 19.4 Å². The van der Waals surface area contributed by atoms with E-state index in [1.54, 1.807) is 25.1 Å². The molecule has 2 N–H and O–H groups in total. The molecule has 0 amide bonds. The van der Waals surface area contributed by atoms with E-state index in [9.17, 15) is 19.5 Å². The highest BCUT2D eigenvalue weighted by atomic mass is 16.5. The molecule has 6 rings (SSSR count). The first-order valence-electron chi connectivity index (χ1n) is 16.0. The van der Waals surface area contributed by atoms with Crippen LogP contribution in [0.5, 0.6) is 11.5 Å². The third-order valence-electron chi connectivity index (χ3n) is 8.74. The molecule has 0 aromatic heterocycles. The summed E-state index contributed by atoms with van der Waals surface area (Å²) in [4.78, 5) is 38.8. The van der Waals surface area contributed by atoms with E-state index in [2.05, 4.69) is 5.32 Å². The Balaban J connectivity index is 1.25. The molecule has 8 nitrogen and oxygen atoms in total. The molecule has 0 bridgehead atoms. The van der Waals surface area contributed by atoms with Crippen LogP contribution in [0.3, 0.4) is 0 Å². The van der Waals surface area contributed by atoms with Crippen LogP contribution in [0, 0.1) is 0 Å². The third kappa shape index (κ3) is 6.46. The number of carbonyl (C=O) groups is 1. The normalized spacial score (nSPS) is 12.1. The maximum Gasteiger partial charge on any atom is 0.324 e. The molecule has 1 unspecified atom stereocenters.